The van der Waals surface area contributed by atoms with E-state index in [0.29, 0.717) is 0 Å². The zero-order chi connectivity index (χ0) is 15.4. The van der Waals surface area contributed by atoms with Crippen LogP contribution in [0.3, 0.4) is 0 Å². The van der Waals surface area contributed by atoms with E-state index in [2.05, 4.69) is 24.3 Å². The van der Waals surface area contributed by atoms with Crippen molar-refractivity contribution in [2.24, 2.45) is 11.3 Å². The quantitative estimate of drug-likeness (QED) is 0.618. The third-order valence-electron chi connectivity index (χ3n) is 5.44. The number of hydrogen-bond acceptors (Lipinski definition) is 1. The molecule has 0 unspecified atom stereocenters. The van der Waals surface area contributed by atoms with Crippen LogP contribution in [0.5, 0.6) is 0 Å². The Balaban J connectivity index is 1.37. The van der Waals surface area contributed by atoms with Crippen molar-refractivity contribution in [2.75, 3.05) is 0 Å². The molecule has 0 bridgehead atoms. The maximum absolute atomic E-state index is 11.1. The lowest BCUT2D eigenvalue weighted by atomic mass is 9.96. The lowest BCUT2D eigenvalue weighted by molar-refractivity contribution is -0.143. The summed E-state index contributed by atoms with van der Waals surface area (Å²) in [6.07, 6.45) is 12.7. The molecule has 2 aliphatic rings. The molecule has 2 fully saturated rings. The van der Waals surface area contributed by atoms with Crippen LogP contribution in [-0.4, -0.2) is 11.1 Å². The van der Waals surface area contributed by atoms with Crippen molar-refractivity contribution in [3.8, 4) is 0 Å². The Morgan fingerprint density at radius 3 is 2.36 bits per heavy atom. The third-order valence-corrected chi connectivity index (χ3v) is 5.44. The minimum Gasteiger partial charge on any atom is -0.481 e. The molecule has 0 radical (unpaired) electrons. The van der Waals surface area contributed by atoms with Crippen molar-refractivity contribution in [1.29, 1.82) is 0 Å². The number of aryl methyl sites for hydroxylation is 2. The van der Waals surface area contributed by atoms with Crippen LogP contribution >= 0.6 is 0 Å². The van der Waals surface area contributed by atoms with Crippen molar-refractivity contribution in [3.63, 3.8) is 0 Å². The number of carbonyl (C=O) groups is 1. The molecule has 0 saturated heterocycles. The largest absolute Gasteiger partial charge is 0.481 e. The highest BCUT2D eigenvalue weighted by atomic mass is 16.4. The van der Waals surface area contributed by atoms with Crippen LogP contribution in [0, 0.1) is 11.3 Å². The SMILES string of the molecule is O=C(O)C1(CCCCc2cccc(CCCC3CC3)c2)CC1. The summed E-state index contributed by atoms with van der Waals surface area (Å²) in [7, 11) is 0. The molecule has 120 valence electrons. The van der Waals surface area contributed by atoms with Gasteiger partial charge in [0.05, 0.1) is 5.41 Å². The number of carboxylic acids is 1. The van der Waals surface area contributed by atoms with Gasteiger partial charge in [-0.25, -0.2) is 0 Å². The fourth-order valence-electron chi connectivity index (χ4n) is 3.46. The maximum atomic E-state index is 11.1. The molecule has 22 heavy (non-hydrogen) atoms. The average Bonchev–Trinajstić information content (AvgIpc) is 3.39. The minimum atomic E-state index is -0.579. The Morgan fingerprint density at radius 1 is 1.09 bits per heavy atom. The summed E-state index contributed by atoms with van der Waals surface area (Å²) in [6, 6.07) is 9.01. The number of aliphatic carboxylic acids is 1. The Morgan fingerprint density at radius 2 is 1.77 bits per heavy atom. The van der Waals surface area contributed by atoms with E-state index in [0.717, 1.165) is 44.4 Å². The van der Waals surface area contributed by atoms with Crippen LogP contribution in [0.1, 0.15) is 68.9 Å². The van der Waals surface area contributed by atoms with Gasteiger partial charge in [-0.3, -0.25) is 4.79 Å². The topological polar surface area (TPSA) is 37.3 Å². The van der Waals surface area contributed by atoms with Crippen molar-refractivity contribution < 1.29 is 9.90 Å². The smallest absolute Gasteiger partial charge is 0.309 e. The molecular weight excluding hydrogens is 272 g/mol. The molecule has 0 atom stereocenters. The fourth-order valence-corrected chi connectivity index (χ4v) is 3.46. The summed E-state index contributed by atoms with van der Waals surface area (Å²) in [4.78, 5) is 11.1. The molecule has 3 rings (SSSR count). The molecule has 2 nitrogen and oxygen atoms in total. The first-order chi connectivity index (χ1) is 10.7. The van der Waals surface area contributed by atoms with E-state index in [1.54, 1.807) is 0 Å². The molecule has 0 spiro atoms. The predicted octanol–water partition coefficient (Wildman–Crippen LogP) is 5.00. The number of carboxylic acid groups (broad SMARTS) is 1. The molecule has 2 heteroatoms. The first-order valence-electron chi connectivity index (χ1n) is 8.99. The molecule has 1 N–H and O–H groups in total. The van der Waals surface area contributed by atoms with E-state index in [1.165, 1.54) is 43.2 Å². The van der Waals surface area contributed by atoms with Crippen molar-refractivity contribution >= 4 is 5.97 Å². The Kier molecular flexibility index (Phi) is 4.85. The molecular formula is C20H28O2. The summed E-state index contributed by atoms with van der Waals surface area (Å²) < 4.78 is 0. The van der Waals surface area contributed by atoms with Crippen molar-refractivity contribution in [3.05, 3.63) is 35.4 Å². The van der Waals surface area contributed by atoms with E-state index < -0.39 is 5.97 Å². The molecule has 0 amide bonds. The van der Waals surface area contributed by atoms with Gasteiger partial charge in [-0.05, 0) is 62.0 Å². The molecule has 2 aliphatic carbocycles. The zero-order valence-electron chi connectivity index (χ0n) is 13.5. The maximum Gasteiger partial charge on any atom is 0.309 e. The van der Waals surface area contributed by atoms with E-state index >= 15 is 0 Å². The number of unbranched alkanes of at least 4 members (excludes halogenated alkanes) is 1. The molecule has 0 aromatic heterocycles. The van der Waals surface area contributed by atoms with Crippen molar-refractivity contribution in [1.82, 2.24) is 0 Å². The third kappa shape index (κ3) is 4.34. The lowest BCUT2D eigenvalue weighted by Gasteiger charge is -2.09. The van der Waals surface area contributed by atoms with Crippen LogP contribution in [-0.2, 0) is 17.6 Å². The minimum absolute atomic E-state index is 0.343. The van der Waals surface area contributed by atoms with E-state index in [9.17, 15) is 9.90 Å². The predicted molar refractivity (Wildman–Crippen MR) is 89.0 cm³/mol. The highest BCUT2D eigenvalue weighted by molar-refractivity contribution is 5.77. The summed E-state index contributed by atoms with van der Waals surface area (Å²) in [5.74, 6) is 0.456. The van der Waals surface area contributed by atoms with Crippen LogP contribution < -0.4 is 0 Å². The standard InChI is InChI=1S/C20H28O2/c21-19(22)20(13-14-20)12-2-1-5-17-8-4-9-18(15-17)7-3-6-16-10-11-16/h4,8-9,15-16H,1-3,5-7,10-14H2,(H,21,22). The number of rotatable bonds is 10. The normalized spacial score (nSPS) is 19.1. The highest BCUT2D eigenvalue weighted by Crippen LogP contribution is 2.50. The zero-order valence-corrected chi connectivity index (χ0v) is 13.5. The monoisotopic (exact) mass is 300 g/mol. The van der Waals surface area contributed by atoms with E-state index in [1.807, 2.05) is 0 Å². The van der Waals surface area contributed by atoms with Gasteiger partial charge >= 0.3 is 5.97 Å². The second-order valence-corrected chi connectivity index (χ2v) is 7.45. The van der Waals surface area contributed by atoms with E-state index in [-0.39, 0.29) is 5.41 Å². The Bertz CT molecular complexity index is 512. The second-order valence-electron chi connectivity index (χ2n) is 7.45. The van der Waals surface area contributed by atoms with Gasteiger partial charge in [0.15, 0.2) is 0 Å². The Hall–Kier alpha value is -1.31. The number of benzene rings is 1. The fraction of sp³-hybridized carbons (Fsp3) is 0.650. The van der Waals surface area contributed by atoms with Gasteiger partial charge in [-0.1, -0.05) is 49.9 Å². The molecule has 2 saturated carbocycles. The summed E-state index contributed by atoms with van der Waals surface area (Å²) >= 11 is 0. The van der Waals surface area contributed by atoms with Crippen LogP contribution in [0.15, 0.2) is 24.3 Å². The van der Waals surface area contributed by atoms with Crippen LogP contribution in [0.4, 0.5) is 0 Å². The van der Waals surface area contributed by atoms with Crippen LogP contribution in [0.2, 0.25) is 0 Å². The van der Waals surface area contributed by atoms with Crippen LogP contribution in [0.25, 0.3) is 0 Å². The van der Waals surface area contributed by atoms with Gasteiger partial charge in [-0.2, -0.15) is 0 Å². The van der Waals surface area contributed by atoms with Crippen molar-refractivity contribution in [2.45, 2.75) is 70.6 Å². The van der Waals surface area contributed by atoms with Gasteiger partial charge < -0.3 is 5.11 Å². The summed E-state index contributed by atoms with van der Waals surface area (Å²) in [5, 5.41) is 9.18. The first-order valence-corrected chi connectivity index (χ1v) is 8.99. The van der Waals surface area contributed by atoms with Gasteiger partial charge in [0.1, 0.15) is 0 Å². The average molecular weight is 300 g/mol. The lowest BCUT2D eigenvalue weighted by Crippen LogP contribution is -2.14. The molecule has 0 aliphatic heterocycles. The molecule has 1 aromatic carbocycles. The first kappa shape index (κ1) is 15.6. The Labute approximate surface area is 133 Å². The van der Waals surface area contributed by atoms with Gasteiger partial charge in [0.2, 0.25) is 0 Å². The molecule has 1 aromatic rings. The number of hydrogen-bond donors (Lipinski definition) is 1. The van der Waals surface area contributed by atoms with Gasteiger partial charge in [0.25, 0.3) is 0 Å². The summed E-state index contributed by atoms with van der Waals surface area (Å²) in [5.41, 5.74) is 2.55. The molecule has 0 heterocycles. The summed E-state index contributed by atoms with van der Waals surface area (Å²) in [6.45, 7) is 0. The second kappa shape index (κ2) is 6.85. The van der Waals surface area contributed by atoms with E-state index in [4.69, 9.17) is 0 Å². The van der Waals surface area contributed by atoms with Gasteiger partial charge in [0, 0.05) is 0 Å². The highest BCUT2D eigenvalue weighted by Gasteiger charge is 2.49. The van der Waals surface area contributed by atoms with Gasteiger partial charge in [-0.15, -0.1) is 0 Å².